The fourth-order valence-corrected chi connectivity index (χ4v) is 3.29. The lowest BCUT2D eigenvalue weighted by Gasteiger charge is -2.11. The first-order valence-electron chi connectivity index (χ1n) is 10.7. The van der Waals surface area contributed by atoms with Crippen molar-refractivity contribution in [2.75, 3.05) is 26.7 Å². The molecule has 0 aliphatic rings. The van der Waals surface area contributed by atoms with Crippen LogP contribution in [0.5, 0.6) is 0 Å². The summed E-state index contributed by atoms with van der Waals surface area (Å²) in [5.74, 6) is 0. The van der Waals surface area contributed by atoms with E-state index in [4.69, 9.17) is 5.11 Å². The second-order valence-corrected chi connectivity index (χ2v) is 7.48. The van der Waals surface area contributed by atoms with Crippen LogP contribution in [0.4, 0.5) is 0 Å². The minimum atomic E-state index is 0.324. The molecule has 0 heterocycles. The Labute approximate surface area is 147 Å². The Morgan fingerprint density at radius 1 is 0.522 bits per heavy atom. The highest BCUT2D eigenvalue weighted by atomic mass is 16.3. The van der Waals surface area contributed by atoms with Crippen molar-refractivity contribution in [3.8, 4) is 0 Å². The monoisotopic (exact) mass is 328 g/mol. The van der Waals surface area contributed by atoms with Gasteiger partial charge in [-0.3, -0.25) is 0 Å². The number of hydrogen-bond donors (Lipinski definition) is 2. The van der Waals surface area contributed by atoms with Gasteiger partial charge in [-0.05, 0) is 12.8 Å². The second-order valence-electron chi connectivity index (χ2n) is 7.48. The zero-order chi connectivity index (χ0) is 17.0. The standard InChI is InChI=1S/C21H45NO/c1-3-4-5-6-7-8-9-10-11-12-13-14-15-16-17-18-19-22(2)20-21-23/h23H,3-21H2,1-2H3/p+1. The van der Waals surface area contributed by atoms with Gasteiger partial charge in [0.05, 0.1) is 20.2 Å². The molecular formula is C21H46NO+. The number of aliphatic hydroxyl groups excluding tert-OH is 1. The smallest absolute Gasteiger partial charge is 0.100 e. The van der Waals surface area contributed by atoms with E-state index in [1.165, 1.54) is 114 Å². The molecule has 0 rings (SSSR count). The number of quaternary nitrogens is 1. The van der Waals surface area contributed by atoms with E-state index in [1.807, 2.05) is 0 Å². The summed E-state index contributed by atoms with van der Waals surface area (Å²) in [6.07, 6.45) is 22.9. The fraction of sp³-hybridized carbons (Fsp3) is 1.00. The van der Waals surface area contributed by atoms with Crippen LogP contribution < -0.4 is 4.90 Å². The highest BCUT2D eigenvalue weighted by molar-refractivity contribution is 4.49. The quantitative estimate of drug-likeness (QED) is 0.328. The third-order valence-electron chi connectivity index (χ3n) is 5.00. The van der Waals surface area contributed by atoms with Gasteiger partial charge in [-0.25, -0.2) is 0 Å². The van der Waals surface area contributed by atoms with E-state index in [1.54, 1.807) is 0 Å². The molecule has 0 amide bonds. The van der Waals surface area contributed by atoms with Gasteiger partial charge in [0.1, 0.15) is 6.54 Å². The zero-order valence-electron chi connectivity index (χ0n) is 16.4. The van der Waals surface area contributed by atoms with Gasteiger partial charge in [-0.1, -0.05) is 96.8 Å². The average molecular weight is 329 g/mol. The van der Waals surface area contributed by atoms with Gasteiger partial charge in [-0.15, -0.1) is 0 Å². The number of nitrogens with one attached hydrogen (secondary N) is 1. The minimum absolute atomic E-state index is 0.324. The molecule has 0 bridgehead atoms. The maximum atomic E-state index is 8.85. The summed E-state index contributed by atoms with van der Waals surface area (Å²) >= 11 is 0. The van der Waals surface area contributed by atoms with Crippen LogP contribution in [0.15, 0.2) is 0 Å². The first-order valence-corrected chi connectivity index (χ1v) is 10.7. The van der Waals surface area contributed by atoms with E-state index in [0.29, 0.717) is 6.61 Å². The van der Waals surface area contributed by atoms with Gasteiger partial charge in [-0.2, -0.15) is 0 Å². The van der Waals surface area contributed by atoms with Gasteiger partial charge < -0.3 is 10.0 Å². The second kappa shape index (κ2) is 20.0. The van der Waals surface area contributed by atoms with Crippen molar-refractivity contribution in [3.63, 3.8) is 0 Å². The maximum Gasteiger partial charge on any atom is 0.100 e. The maximum absolute atomic E-state index is 8.85. The Bertz CT molecular complexity index is 208. The molecule has 0 saturated carbocycles. The predicted molar refractivity (Wildman–Crippen MR) is 103 cm³/mol. The summed E-state index contributed by atoms with van der Waals surface area (Å²) < 4.78 is 0. The van der Waals surface area contributed by atoms with Crippen molar-refractivity contribution in [3.05, 3.63) is 0 Å². The van der Waals surface area contributed by atoms with Crippen LogP contribution in [0.2, 0.25) is 0 Å². The van der Waals surface area contributed by atoms with Gasteiger partial charge in [0.15, 0.2) is 0 Å². The Morgan fingerprint density at radius 2 is 0.870 bits per heavy atom. The van der Waals surface area contributed by atoms with Crippen LogP contribution in [0.25, 0.3) is 0 Å². The third kappa shape index (κ3) is 19.9. The highest BCUT2D eigenvalue weighted by Crippen LogP contribution is 2.13. The molecule has 1 atom stereocenters. The topological polar surface area (TPSA) is 24.7 Å². The van der Waals surface area contributed by atoms with Crippen LogP contribution in [-0.4, -0.2) is 31.9 Å². The molecule has 2 N–H and O–H groups in total. The third-order valence-corrected chi connectivity index (χ3v) is 5.00. The van der Waals surface area contributed by atoms with E-state index in [2.05, 4.69) is 14.0 Å². The van der Waals surface area contributed by atoms with Crippen LogP contribution in [0.3, 0.4) is 0 Å². The normalized spacial score (nSPS) is 12.7. The molecule has 0 aromatic carbocycles. The summed E-state index contributed by atoms with van der Waals surface area (Å²) in [5, 5.41) is 8.85. The van der Waals surface area contributed by atoms with Crippen molar-refractivity contribution in [1.29, 1.82) is 0 Å². The molecular weight excluding hydrogens is 282 g/mol. The number of aliphatic hydroxyl groups is 1. The fourth-order valence-electron chi connectivity index (χ4n) is 3.29. The molecule has 0 spiro atoms. The molecule has 0 saturated heterocycles. The largest absolute Gasteiger partial charge is 0.391 e. The lowest BCUT2D eigenvalue weighted by Crippen LogP contribution is -3.09. The molecule has 0 radical (unpaired) electrons. The van der Waals surface area contributed by atoms with Crippen LogP contribution >= 0.6 is 0 Å². The molecule has 2 nitrogen and oxygen atoms in total. The number of likely N-dealkylation sites (N-methyl/N-ethyl adjacent to an activating group) is 1. The first-order chi connectivity index (χ1) is 11.3. The molecule has 2 heteroatoms. The predicted octanol–water partition coefficient (Wildman–Crippen LogP) is 4.75. The zero-order valence-corrected chi connectivity index (χ0v) is 16.4. The molecule has 1 unspecified atom stereocenters. The van der Waals surface area contributed by atoms with Gasteiger partial charge in [0, 0.05) is 0 Å². The van der Waals surface area contributed by atoms with E-state index in [0.717, 1.165) is 6.54 Å². The summed E-state index contributed by atoms with van der Waals surface area (Å²) in [6, 6.07) is 0. The van der Waals surface area contributed by atoms with Crippen LogP contribution in [0, 0.1) is 0 Å². The summed E-state index contributed by atoms with van der Waals surface area (Å²) in [4.78, 5) is 1.47. The van der Waals surface area contributed by atoms with Crippen molar-refractivity contribution < 1.29 is 10.0 Å². The Kier molecular flexibility index (Phi) is 19.9. The van der Waals surface area contributed by atoms with Crippen LogP contribution in [-0.2, 0) is 0 Å². The summed E-state index contributed by atoms with van der Waals surface area (Å²) in [6.45, 7) is 4.74. The minimum Gasteiger partial charge on any atom is -0.391 e. The van der Waals surface area contributed by atoms with Crippen LogP contribution in [0.1, 0.15) is 110 Å². The molecule has 0 aliphatic heterocycles. The molecule has 23 heavy (non-hydrogen) atoms. The average Bonchev–Trinajstić information content (AvgIpc) is 2.54. The van der Waals surface area contributed by atoms with Gasteiger partial charge in [0.2, 0.25) is 0 Å². The van der Waals surface area contributed by atoms with E-state index >= 15 is 0 Å². The highest BCUT2D eigenvalue weighted by Gasteiger charge is 1.99. The Hall–Kier alpha value is -0.0800. The molecule has 0 aliphatic carbocycles. The van der Waals surface area contributed by atoms with Gasteiger partial charge in [0.25, 0.3) is 0 Å². The molecule has 0 aromatic rings. The lowest BCUT2D eigenvalue weighted by atomic mass is 10.0. The molecule has 140 valence electrons. The Morgan fingerprint density at radius 3 is 1.22 bits per heavy atom. The van der Waals surface area contributed by atoms with Crippen molar-refractivity contribution in [2.24, 2.45) is 0 Å². The summed E-state index contributed by atoms with van der Waals surface area (Å²) in [7, 11) is 2.18. The number of unbranched alkanes of at least 4 members (excludes halogenated alkanes) is 15. The SMILES string of the molecule is CCCCCCCCCCCCCCCCCC[NH+](C)CCO. The van der Waals surface area contributed by atoms with Crippen molar-refractivity contribution in [2.45, 2.75) is 110 Å². The first kappa shape index (κ1) is 22.9. The number of rotatable bonds is 19. The van der Waals surface area contributed by atoms with Crippen molar-refractivity contribution >= 4 is 0 Å². The van der Waals surface area contributed by atoms with Gasteiger partial charge >= 0.3 is 0 Å². The van der Waals surface area contributed by atoms with E-state index < -0.39 is 0 Å². The van der Waals surface area contributed by atoms with E-state index in [9.17, 15) is 0 Å². The lowest BCUT2D eigenvalue weighted by molar-refractivity contribution is -0.880. The molecule has 0 aromatic heterocycles. The molecule has 0 fully saturated rings. The Balaban J connectivity index is 3.00. The van der Waals surface area contributed by atoms with Crippen molar-refractivity contribution in [1.82, 2.24) is 0 Å². The number of hydrogen-bond acceptors (Lipinski definition) is 1. The van der Waals surface area contributed by atoms with E-state index in [-0.39, 0.29) is 0 Å². The summed E-state index contributed by atoms with van der Waals surface area (Å²) in [5.41, 5.74) is 0.